The maximum atomic E-state index is 6.38. The highest BCUT2D eigenvalue weighted by atomic mass is 32.1. The predicted octanol–water partition coefficient (Wildman–Crippen LogP) is 13.9. The minimum Gasteiger partial charge on any atom is -0.455 e. The van der Waals surface area contributed by atoms with E-state index in [9.17, 15) is 0 Å². The Bertz CT molecular complexity index is 2840. The van der Waals surface area contributed by atoms with Crippen molar-refractivity contribution in [3.05, 3.63) is 176 Å². The van der Waals surface area contributed by atoms with Gasteiger partial charge in [0.25, 0.3) is 0 Å². The summed E-state index contributed by atoms with van der Waals surface area (Å²) in [7, 11) is 0. The quantitative estimate of drug-likeness (QED) is 0.186. The molecule has 0 amide bonds. The largest absolute Gasteiger partial charge is 0.455 e. The molecule has 8 aromatic carbocycles. The van der Waals surface area contributed by atoms with Gasteiger partial charge in [0.05, 0.1) is 0 Å². The van der Waals surface area contributed by atoms with Gasteiger partial charge in [-0.25, -0.2) is 0 Å². The molecule has 0 bridgehead atoms. The Morgan fingerprint density at radius 3 is 1.98 bits per heavy atom. The highest BCUT2D eigenvalue weighted by molar-refractivity contribution is 7.25. The van der Waals surface area contributed by atoms with Crippen molar-refractivity contribution in [1.82, 2.24) is 0 Å². The molecule has 2 heterocycles. The number of hydrogen-bond acceptors (Lipinski definition) is 3. The van der Waals surface area contributed by atoms with Crippen molar-refractivity contribution in [3.63, 3.8) is 0 Å². The van der Waals surface area contributed by atoms with Crippen LogP contribution in [-0.2, 0) is 0 Å². The number of fused-ring (bicyclic) bond motifs is 7. The van der Waals surface area contributed by atoms with Gasteiger partial charge in [-0.05, 0) is 82.1 Å². The standard InChI is InChI=1S/C46H29NOS/c1-2-10-32-27-37(25-19-30(32)9-1)47(35-23-20-31(21-24-35)38-15-8-16-42-39-13-3-5-17-43(39)48-46(38)42)36-12-7-11-33(28-36)34-22-26-41-40-14-4-6-18-44(40)49-45(41)29-34/h1-29H. The van der Waals surface area contributed by atoms with E-state index in [2.05, 4.69) is 169 Å². The molecule has 2 nitrogen and oxygen atoms in total. The van der Waals surface area contributed by atoms with Gasteiger partial charge < -0.3 is 9.32 Å². The fourth-order valence-electron chi connectivity index (χ4n) is 7.26. The Labute approximate surface area is 287 Å². The van der Waals surface area contributed by atoms with E-state index in [-0.39, 0.29) is 0 Å². The molecule has 10 rings (SSSR count). The lowest BCUT2D eigenvalue weighted by atomic mass is 10.0. The molecule has 0 atom stereocenters. The summed E-state index contributed by atoms with van der Waals surface area (Å²) in [5, 5.41) is 7.36. The van der Waals surface area contributed by atoms with Crippen LogP contribution in [0.5, 0.6) is 0 Å². The van der Waals surface area contributed by atoms with Crippen LogP contribution in [0.4, 0.5) is 17.1 Å². The third kappa shape index (κ3) is 4.70. The molecule has 49 heavy (non-hydrogen) atoms. The normalized spacial score (nSPS) is 11.7. The van der Waals surface area contributed by atoms with Gasteiger partial charge in [-0.15, -0.1) is 11.3 Å². The zero-order valence-corrected chi connectivity index (χ0v) is 27.3. The van der Waals surface area contributed by atoms with Crippen LogP contribution in [0, 0.1) is 0 Å². The number of thiophene rings is 1. The molecule has 0 aliphatic heterocycles. The monoisotopic (exact) mass is 643 g/mol. The summed E-state index contributed by atoms with van der Waals surface area (Å²) < 4.78 is 9.02. The SMILES string of the molecule is c1cc(-c2ccc3c(c2)sc2ccccc23)cc(N(c2ccc(-c3cccc4c3oc3ccccc34)cc2)c2ccc3ccccc3c2)c1. The second-order valence-corrected chi connectivity index (χ2v) is 13.6. The highest BCUT2D eigenvalue weighted by Gasteiger charge is 2.17. The molecule has 3 heteroatoms. The van der Waals surface area contributed by atoms with E-state index in [1.54, 1.807) is 0 Å². The first-order valence-corrected chi connectivity index (χ1v) is 17.4. The zero-order valence-electron chi connectivity index (χ0n) is 26.5. The minimum atomic E-state index is 0.912. The molecule has 0 fully saturated rings. The zero-order chi connectivity index (χ0) is 32.3. The first-order chi connectivity index (χ1) is 24.3. The Morgan fingerprint density at radius 1 is 0.388 bits per heavy atom. The van der Waals surface area contributed by atoms with E-state index >= 15 is 0 Å². The van der Waals surface area contributed by atoms with Crippen molar-refractivity contribution in [1.29, 1.82) is 0 Å². The number of hydrogen-bond donors (Lipinski definition) is 0. The number of anilines is 3. The second kappa shape index (κ2) is 11.2. The Morgan fingerprint density at radius 2 is 1.06 bits per heavy atom. The smallest absolute Gasteiger partial charge is 0.143 e. The Kier molecular flexibility index (Phi) is 6.39. The number of furan rings is 1. The lowest BCUT2D eigenvalue weighted by Crippen LogP contribution is -2.10. The van der Waals surface area contributed by atoms with Crippen molar-refractivity contribution in [3.8, 4) is 22.3 Å². The fraction of sp³-hybridized carbons (Fsp3) is 0. The van der Waals surface area contributed by atoms with E-state index in [0.717, 1.165) is 50.1 Å². The first-order valence-electron chi connectivity index (χ1n) is 16.6. The summed E-state index contributed by atoms with van der Waals surface area (Å²) in [5.74, 6) is 0. The second-order valence-electron chi connectivity index (χ2n) is 12.6. The molecule has 0 unspecified atom stereocenters. The molecule has 0 saturated carbocycles. The van der Waals surface area contributed by atoms with Gasteiger partial charge in [0.15, 0.2) is 0 Å². The molecule has 0 radical (unpaired) electrons. The summed E-state index contributed by atoms with van der Waals surface area (Å²) >= 11 is 1.86. The molecule has 0 N–H and O–H groups in total. The van der Waals surface area contributed by atoms with Crippen LogP contribution in [0.2, 0.25) is 0 Å². The Hall–Kier alpha value is -6.16. The van der Waals surface area contributed by atoms with Crippen molar-refractivity contribution in [2.45, 2.75) is 0 Å². The van der Waals surface area contributed by atoms with E-state index in [0.29, 0.717) is 0 Å². The molecule has 0 aliphatic rings. The van der Waals surface area contributed by atoms with Gasteiger partial charge in [0.2, 0.25) is 0 Å². The molecule has 0 spiro atoms. The van der Waals surface area contributed by atoms with E-state index in [1.807, 2.05) is 23.5 Å². The van der Waals surface area contributed by atoms with Crippen LogP contribution in [0.25, 0.3) is 75.1 Å². The molecule has 0 saturated heterocycles. The molecule has 230 valence electrons. The molecule has 2 aromatic heterocycles. The van der Waals surface area contributed by atoms with Crippen LogP contribution < -0.4 is 4.90 Å². The summed E-state index contributed by atoms with van der Waals surface area (Å²) in [5.41, 5.74) is 9.77. The van der Waals surface area contributed by atoms with Crippen molar-refractivity contribution in [2.24, 2.45) is 0 Å². The molecular weight excluding hydrogens is 615 g/mol. The summed E-state index contributed by atoms with van der Waals surface area (Å²) in [4.78, 5) is 2.36. The molecule has 10 aromatic rings. The lowest BCUT2D eigenvalue weighted by Gasteiger charge is -2.26. The number of rotatable bonds is 5. The number of benzene rings is 8. The first kappa shape index (κ1) is 27.9. The van der Waals surface area contributed by atoms with Gasteiger partial charge in [0, 0.05) is 53.6 Å². The third-order valence-electron chi connectivity index (χ3n) is 9.65. The predicted molar refractivity (Wildman–Crippen MR) is 210 cm³/mol. The number of para-hydroxylation sites is 2. The lowest BCUT2D eigenvalue weighted by molar-refractivity contribution is 0.670. The van der Waals surface area contributed by atoms with Gasteiger partial charge >= 0.3 is 0 Å². The highest BCUT2D eigenvalue weighted by Crippen LogP contribution is 2.42. The van der Waals surface area contributed by atoms with Crippen LogP contribution in [0.15, 0.2) is 180 Å². The average molecular weight is 644 g/mol. The van der Waals surface area contributed by atoms with Crippen molar-refractivity contribution < 1.29 is 4.42 Å². The number of nitrogens with zero attached hydrogens (tertiary/aromatic N) is 1. The maximum absolute atomic E-state index is 6.38. The summed E-state index contributed by atoms with van der Waals surface area (Å²) in [6, 6.07) is 63.3. The topological polar surface area (TPSA) is 16.4 Å². The average Bonchev–Trinajstić information content (AvgIpc) is 3.73. The van der Waals surface area contributed by atoms with Crippen molar-refractivity contribution in [2.75, 3.05) is 4.90 Å². The van der Waals surface area contributed by atoms with Gasteiger partial charge in [0.1, 0.15) is 11.2 Å². The van der Waals surface area contributed by atoms with Gasteiger partial charge in [-0.1, -0.05) is 121 Å². The van der Waals surface area contributed by atoms with Crippen LogP contribution >= 0.6 is 11.3 Å². The van der Waals surface area contributed by atoms with Crippen LogP contribution in [0.3, 0.4) is 0 Å². The summed E-state index contributed by atoms with van der Waals surface area (Å²) in [6.07, 6.45) is 0. The van der Waals surface area contributed by atoms with Crippen LogP contribution in [-0.4, -0.2) is 0 Å². The van der Waals surface area contributed by atoms with E-state index < -0.39 is 0 Å². The fourth-order valence-corrected chi connectivity index (χ4v) is 8.40. The molecular formula is C46H29NOS. The summed E-state index contributed by atoms with van der Waals surface area (Å²) in [6.45, 7) is 0. The van der Waals surface area contributed by atoms with E-state index in [4.69, 9.17) is 4.42 Å². The van der Waals surface area contributed by atoms with Crippen LogP contribution in [0.1, 0.15) is 0 Å². The van der Waals surface area contributed by atoms with Gasteiger partial charge in [-0.3, -0.25) is 0 Å². The van der Waals surface area contributed by atoms with Crippen molar-refractivity contribution >= 4 is 81.3 Å². The minimum absolute atomic E-state index is 0.912. The Balaban J connectivity index is 1.09. The molecule has 0 aliphatic carbocycles. The maximum Gasteiger partial charge on any atom is 0.143 e. The van der Waals surface area contributed by atoms with Gasteiger partial charge in [-0.2, -0.15) is 0 Å². The van der Waals surface area contributed by atoms with E-state index in [1.165, 1.54) is 42.1 Å². The third-order valence-corrected chi connectivity index (χ3v) is 10.8.